The minimum absolute atomic E-state index is 0.0503. The van der Waals surface area contributed by atoms with E-state index < -0.39 is 42.0 Å². The highest BCUT2D eigenvalue weighted by Gasteiger charge is 2.37. The highest BCUT2D eigenvalue weighted by molar-refractivity contribution is 7.80. The van der Waals surface area contributed by atoms with Crippen LogP contribution in [-0.4, -0.2) is 70.2 Å². The first-order chi connectivity index (χ1) is 12.1. The fraction of sp³-hybridized carbons (Fsp3) is 0.750. The molecule has 0 aromatic carbocycles. The Bertz CT molecular complexity index is 557. The lowest BCUT2D eigenvalue weighted by Gasteiger charge is -2.29. The van der Waals surface area contributed by atoms with Crippen LogP contribution in [0.25, 0.3) is 0 Å². The van der Waals surface area contributed by atoms with Crippen molar-refractivity contribution in [1.29, 1.82) is 0 Å². The van der Waals surface area contributed by atoms with Crippen molar-refractivity contribution in [2.45, 2.75) is 57.8 Å². The number of rotatable bonds is 8. The van der Waals surface area contributed by atoms with Gasteiger partial charge in [0.1, 0.15) is 18.1 Å². The minimum atomic E-state index is -1.21. The molecule has 10 heteroatoms. The summed E-state index contributed by atoms with van der Waals surface area (Å²) < 4.78 is 0. The van der Waals surface area contributed by atoms with E-state index in [2.05, 4.69) is 23.3 Å². The maximum absolute atomic E-state index is 12.5. The molecule has 9 nitrogen and oxygen atoms in total. The molecule has 0 aromatic rings. The van der Waals surface area contributed by atoms with E-state index >= 15 is 0 Å². The number of carboxylic acids is 1. The Balaban J connectivity index is 2.69. The molecule has 148 valence electrons. The Hall–Kier alpha value is -1.81. The maximum Gasteiger partial charge on any atom is 0.327 e. The average Bonchev–Trinajstić information content (AvgIpc) is 3.07. The van der Waals surface area contributed by atoms with Gasteiger partial charge in [0.15, 0.2) is 0 Å². The summed E-state index contributed by atoms with van der Waals surface area (Å²) in [6, 6.07) is -3.45. The third-order valence-electron chi connectivity index (χ3n) is 4.39. The zero-order valence-corrected chi connectivity index (χ0v) is 16.2. The Kier molecular flexibility index (Phi) is 8.35. The fourth-order valence-corrected chi connectivity index (χ4v) is 2.88. The number of aliphatic carboxylic acids is 1. The third kappa shape index (κ3) is 5.60. The second-order valence-electron chi connectivity index (χ2n) is 6.77. The van der Waals surface area contributed by atoms with Crippen LogP contribution in [0.5, 0.6) is 0 Å². The number of hydrogen-bond donors (Lipinski definition) is 5. The van der Waals surface area contributed by atoms with Gasteiger partial charge >= 0.3 is 5.97 Å². The molecule has 0 spiro atoms. The Morgan fingerprint density at radius 1 is 1.23 bits per heavy atom. The molecular weight excluding hydrogens is 360 g/mol. The summed E-state index contributed by atoms with van der Waals surface area (Å²) in [5.41, 5.74) is 5.90. The number of nitrogens with two attached hydrogens (primary N) is 1. The molecule has 4 unspecified atom stereocenters. The number of hydrogen-bond acceptors (Lipinski definition) is 6. The van der Waals surface area contributed by atoms with Gasteiger partial charge in [0.05, 0.1) is 6.04 Å². The van der Waals surface area contributed by atoms with Crippen LogP contribution in [0.4, 0.5) is 0 Å². The average molecular weight is 388 g/mol. The first-order valence-electron chi connectivity index (χ1n) is 8.60. The van der Waals surface area contributed by atoms with Gasteiger partial charge in [-0.2, -0.15) is 12.6 Å². The van der Waals surface area contributed by atoms with Crippen LogP contribution in [0.15, 0.2) is 0 Å². The Labute approximate surface area is 158 Å². The van der Waals surface area contributed by atoms with Crippen molar-refractivity contribution < 1.29 is 24.3 Å². The van der Waals surface area contributed by atoms with E-state index in [0.717, 1.165) is 0 Å². The molecule has 1 heterocycles. The van der Waals surface area contributed by atoms with Crippen LogP contribution in [0.3, 0.4) is 0 Å². The third-order valence-corrected chi connectivity index (χ3v) is 4.76. The predicted molar refractivity (Wildman–Crippen MR) is 98.6 cm³/mol. The molecule has 1 aliphatic rings. The quantitative estimate of drug-likeness (QED) is 0.336. The molecule has 1 rings (SSSR count). The molecular formula is C16H28N4O5S. The molecule has 3 amide bonds. The summed E-state index contributed by atoms with van der Waals surface area (Å²) in [7, 11) is 0. The fourth-order valence-electron chi connectivity index (χ4n) is 2.64. The lowest BCUT2D eigenvalue weighted by Crippen LogP contribution is -2.56. The SMILES string of the molecule is CC(NC(=O)C1CCCN1C(=O)C(N)C(C)C)C(=O)NC(CS)C(=O)O. The molecule has 1 fully saturated rings. The summed E-state index contributed by atoms with van der Waals surface area (Å²) in [5.74, 6) is -2.69. The van der Waals surface area contributed by atoms with Gasteiger partial charge in [-0.3, -0.25) is 14.4 Å². The highest BCUT2D eigenvalue weighted by atomic mass is 32.1. The zero-order valence-electron chi connectivity index (χ0n) is 15.3. The van der Waals surface area contributed by atoms with Gasteiger partial charge in [-0.1, -0.05) is 13.8 Å². The van der Waals surface area contributed by atoms with E-state index in [4.69, 9.17) is 10.8 Å². The van der Waals surface area contributed by atoms with Crippen LogP contribution in [0.1, 0.15) is 33.6 Å². The molecule has 26 heavy (non-hydrogen) atoms. The van der Waals surface area contributed by atoms with Gasteiger partial charge in [0.25, 0.3) is 0 Å². The largest absolute Gasteiger partial charge is 0.480 e. The van der Waals surface area contributed by atoms with E-state index in [1.54, 1.807) is 0 Å². The van der Waals surface area contributed by atoms with Gasteiger partial charge in [0.2, 0.25) is 17.7 Å². The first-order valence-corrected chi connectivity index (χ1v) is 9.23. The number of amides is 3. The van der Waals surface area contributed by atoms with E-state index in [0.29, 0.717) is 19.4 Å². The Morgan fingerprint density at radius 2 is 1.85 bits per heavy atom. The van der Waals surface area contributed by atoms with Crippen molar-refractivity contribution in [3.63, 3.8) is 0 Å². The molecule has 1 aliphatic heterocycles. The summed E-state index contributed by atoms with van der Waals surface area (Å²) >= 11 is 3.87. The smallest absolute Gasteiger partial charge is 0.327 e. The van der Waals surface area contributed by atoms with Crippen molar-refractivity contribution in [2.75, 3.05) is 12.3 Å². The van der Waals surface area contributed by atoms with Crippen LogP contribution in [-0.2, 0) is 19.2 Å². The van der Waals surface area contributed by atoms with Crippen molar-refractivity contribution in [2.24, 2.45) is 11.7 Å². The number of thiol groups is 1. The van der Waals surface area contributed by atoms with Gasteiger partial charge in [-0.25, -0.2) is 4.79 Å². The molecule has 4 atom stereocenters. The number of carbonyl (C=O) groups is 4. The van der Waals surface area contributed by atoms with Gasteiger partial charge < -0.3 is 26.4 Å². The summed E-state index contributed by atoms with van der Waals surface area (Å²) in [5, 5.41) is 13.8. The first kappa shape index (κ1) is 22.2. The molecule has 0 aromatic heterocycles. The summed E-state index contributed by atoms with van der Waals surface area (Å²) in [6.45, 7) is 5.56. The van der Waals surface area contributed by atoms with Crippen molar-refractivity contribution >= 4 is 36.3 Å². The normalized spacial score (nSPS) is 20.4. The standard InChI is InChI=1S/C16H28N4O5S/c1-8(2)12(17)15(23)20-6-4-5-11(20)14(22)18-9(3)13(21)19-10(7-26)16(24)25/h8-12,26H,4-7,17H2,1-3H3,(H,18,22)(H,19,21)(H,24,25). The molecule has 0 radical (unpaired) electrons. The van der Waals surface area contributed by atoms with Gasteiger partial charge in [0, 0.05) is 12.3 Å². The topological polar surface area (TPSA) is 142 Å². The lowest BCUT2D eigenvalue weighted by atomic mass is 10.0. The lowest BCUT2D eigenvalue weighted by molar-refractivity contribution is -0.142. The monoisotopic (exact) mass is 388 g/mol. The molecule has 0 saturated carbocycles. The van der Waals surface area contributed by atoms with Crippen molar-refractivity contribution in [3.8, 4) is 0 Å². The van der Waals surface area contributed by atoms with Crippen LogP contribution < -0.4 is 16.4 Å². The molecule has 1 saturated heterocycles. The van der Waals surface area contributed by atoms with Crippen molar-refractivity contribution in [3.05, 3.63) is 0 Å². The summed E-state index contributed by atoms with van der Waals surface area (Å²) in [4.78, 5) is 49.4. The van der Waals surface area contributed by atoms with E-state index in [9.17, 15) is 19.2 Å². The van der Waals surface area contributed by atoms with Gasteiger partial charge in [-0.15, -0.1) is 0 Å². The highest BCUT2D eigenvalue weighted by Crippen LogP contribution is 2.19. The number of likely N-dealkylation sites (tertiary alicyclic amines) is 1. The number of nitrogens with zero attached hydrogens (tertiary/aromatic N) is 1. The molecule has 0 aliphatic carbocycles. The van der Waals surface area contributed by atoms with Crippen LogP contribution >= 0.6 is 12.6 Å². The maximum atomic E-state index is 12.5. The van der Waals surface area contributed by atoms with E-state index in [1.165, 1.54) is 11.8 Å². The Morgan fingerprint density at radius 3 is 2.35 bits per heavy atom. The van der Waals surface area contributed by atoms with E-state index in [1.807, 2.05) is 13.8 Å². The predicted octanol–water partition coefficient (Wildman–Crippen LogP) is -1.04. The molecule has 5 N–H and O–H groups in total. The van der Waals surface area contributed by atoms with Crippen molar-refractivity contribution in [1.82, 2.24) is 15.5 Å². The van der Waals surface area contributed by atoms with Gasteiger partial charge in [-0.05, 0) is 25.7 Å². The molecule has 0 bridgehead atoms. The van der Waals surface area contributed by atoms with Crippen LogP contribution in [0.2, 0.25) is 0 Å². The second kappa shape index (κ2) is 9.77. The second-order valence-corrected chi connectivity index (χ2v) is 7.14. The zero-order chi connectivity index (χ0) is 20.0. The van der Waals surface area contributed by atoms with E-state index in [-0.39, 0.29) is 17.6 Å². The number of carboxylic acid groups (broad SMARTS) is 1. The number of carbonyl (C=O) groups excluding carboxylic acids is 3. The van der Waals surface area contributed by atoms with Crippen LogP contribution in [0, 0.1) is 5.92 Å². The minimum Gasteiger partial charge on any atom is -0.480 e. The summed E-state index contributed by atoms with van der Waals surface area (Å²) in [6.07, 6.45) is 1.17. The number of nitrogens with one attached hydrogen (secondary N) is 2.